The topological polar surface area (TPSA) is 17.3 Å². The van der Waals surface area contributed by atoms with Gasteiger partial charge in [0.05, 0.1) is 11.2 Å². The molecule has 2 nitrogen and oxygen atoms in total. The van der Waals surface area contributed by atoms with Crippen molar-refractivity contribution < 1.29 is 0 Å². The first-order valence-corrected chi connectivity index (χ1v) is 5.25. The van der Waals surface area contributed by atoms with Crippen LogP contribution in [-0.2, 0) is 6.42 Å². The third-order valence-electron chi connectivity index (χ3n) is 2.12. The van der Waals surface area contributed by atoms with Crippen molar-refractivity contribution in [3.8, 4) is 0 Å². The molecule has 14 heavy (non-hydrogen) atoms. The molecule has 0 bridgehead atoms. The maximum Gasteiger partial charge on any atom is 0.113 e. The van der Waals surface area contributed by atoms with E-state index in [0.717, 1.165) is 17.9 Å². The zero-order chi connectivity index (χ0) is 10.6. The highest BCUT2D eigenvalue weighted by atomic mass is 15.0. The van der Waals surface area contributed by atoms with Crippen LogP contribution in [0.1, 0.15) is 32.3 Å². The molecular weight excluding hydrogens is 172 g/mol. The molecule has 2 aromatic heterocycles. The highest BCUT2D eigenvalue weighted by molar-refractivity contribution is 5.52. The first-order valence-electron chi connectivity index (χ1n) is 5.25. The van der Waals surface area contributed by atoms with Crippen LogP contribution in [0.25, 0.3) is 5.52 Å². The van der Waals surface area contributed by atoms with E-state index in [4.69, 9.17) is 0 Å². The Morgan fingerprint density at radius 3 is 2.64 bits per heavy atom. The third-order valence-corrected chi connectivity index (χ3v) is 2.12. The van der Waals surface area contributed by atoms with Gasteiger partial charge in [-0.2, -0.15) is 0 Å². The van der Waals surface area contributed by atoms with Crippen LogP contribution in [0.5, 0.6) is 0 Å². The van der Waals surface area contributed by atoms with Crippen LogP contribution in [0.3, 0.4) is 0 Å². The molecule has 0 fully saturated rings. The summed E-state index contributed by atoms with van der Waals surface area (Å²) >= 11 is 0. The number of aromatic nitrogens is 2. The van der Waals surface area contributed by atoms with Crippen LogP contribution in [0.2, 0.25) is 0 Å². The Balaban J connectivity index is 0.000000461. The van der Waals surface area contributed by atoms with Gasteiger partial charge in [0, 0.05) is 12.6 Å². The molecule has 0 aromatic carbocycles. The zero-order valence-corrected chi connectivity index (χ0v) is 9.41. The van der Waals surface area contributed by atoms with Crippen molar-refractivity contribution in [2.24, 2.45) is 0 Å². The Morgan fingerprint density at radius 2 is 2.00 bits per heavy atom. The summed E-state index contributed by atoms with van der Waals surface area (Å²) in [5.74, 6) is 1.14. The third kappa shape index (κ3) is 1.79. The maximum atomic E-state index is 4.47. The van der Waals surface area contributed by atoms with Crippen molar-refractivity contribution in [3.05, 3.63) is 35.9 Å². The van der Waals surface area contributed by atoms with Gasteiger partial charge in [-0.3, -0.25) is 0 Å². The number of imidazole rings is 1. The predicted octanol–water partition coefficient (Wildman–Crippen LogP) is 3.23. The summed E-state index contributed by atoms with van der Waals surface area (Å²) in [5, 5.41) is 0. The van der Waals surface area contributed by atoms with Gasteiger partial charge in [0.15, 0.2) is 0 Å². The smallest absolute Gasteiger partial charge is 0.113 e. The van der Waals surface area contributed by atoms with Gasteiger partial charge in [0.25, 0.3) is 0 Å². The minimum Gasteiger partial charge on any atom is -0.303 e. The van der Waals surface area contributed by atoms with Gasteiger partial charge in [-0.15, -0.1) is 0 Å². The summed E-state index contributed by atoms with van der Waals surface area (Å²) in [5.41, 5.74) is 2.34. The second-order valence-corrected chi connectivity index (χ2v) is 2.92. The molecular formula is C12H18N2. The van der Waals surface area contributed by atoms with E-state index in [1.165, 1.54) is 5.52 Å². The molecule has 0 aliphatic heterocycles. The lowest BCUT2D eigenvalue weighted by Crippen LogP contribution is -1.90. The van der Waals surface area contributed by atoms with E-state index < -0.39 is 0 Å². The van der Waals surface area contributed by atoms with Crippen molar-refractivity contribution in [1.29, 1.82) is 0 Å². The number of aryl methyl sites for hydroxylation is 2. The monoisotopic (exact) mass is 190 g/mol. The lowest BCUT2D eigenvalue weighted by atomic mass is 10.3. The molecule has 0 saturated carbocycles. The molecule has 0 aliphatic rings. The Labute approximate surface area is 85.6 Å². The fraction of sp³-hybridized carbons (Fsp3) is 0.417. The lowest BCUT2D eigenvalue weighted by Gasteiger charge is -1.95. The number of nitrogens with zero attached hydrogens (tertiary/aromatic N) is 2. The second kappa shape index (κ2) is 4.80. The Bertz CT molecular complexity index is 402. The van der Waals surface area contributed by atoms with Gasteiger partial charge in [0.2, 0.25) is 0 Å². The highest BCUT2D eigenvalue weighted by Crippen LogP contribution is 2.11. The van der Waals surface area contributed by atoms with Crippen LogP contribution in [0, 0.1) is 6.92 Å². The molecule has 2 heterocycles. The van der Waals surface area contributed by atoms with E-state index in [1.54, 1.807) is 0 Å². The number of pyridine rings is 1. The molecule has 0 saturated heterocycles. The van der Waals surface area contributed by atoms with Crippen LogP contribution in [-0.4, -0.2) is 9.38 Å². The molecule has 0 unspecified atom stereocenters. The molecule has 2 heteroatoms. The number of fused-ring (bicyclic) bond motifs is 1. The van der Waals surface area contributed by atoms with Gasteiger partial charge in [-0.05, 0) is 19.1 Å². The Kier molecular flexibility index (Phi) is 3.69. The highest BCUT2D eigenvalue weighted by Gasteiger charge is 2.03. The van der Waals surface area contributed by atoms with E-state index in [9.17, 15) is 0 Å². The maximum absolute atomic E-state index is 4.47. The van der Waals surface area contributed by atoms with Gasteiger partial charge in [0.1, 0.15) is 5.82 Å². The predicted molar refractivity (Wildman–Crippen MR) is 60.7 cm³/mol. The van der Waals surface area contributed by atoms with Crippen LogP contribution < -0.4 is 0 Å². The SMILES string of the molecule is CC.CCc1nc(C)c2ccccn12. The molecule has 0 radical (unpaired) electrons. The van der Waals surface area contributed by atoms with Crippen molar-refractivity contribution in [2.75, 3.05) is 0 Å². The van der Waals surface area contributed by atoms with Gasteiger partial charge in [-0.1, -0.05) is 26.8 Å². The van der Waals surface area contributed by atoms with Gasteiger partial charge < -0.3 is 4.40 Å². The molecule has 0 spiro atoms. The van der Waals surface area contributed by atoms with Gasteiger partial charge >= 0.3 is 0 Å². The van der Waals surface area contributed by atoms with Gasteiger partial charge in [-0.25, -0.2) is 4.98 Å². The van der Waals surface area contributed by atoms with Crippen LogP contribution in [0.15, 0.2) is 24.4 Å². The zero-order valence-electron chi connectivity index (χ0n) is 9.41. The number of hydrogen-bond acceptors (Lipinski definition) is 1. The molecule has 2 rings (SSSR count). The molecule has 0 N–H and O–H groups in total. The quantitative estimate of drug-likeness (QED) is 0.675. The summed E-state index contributed by atoms with van der Waals surface area (Å²) in [7, 11) is 0. The summed E-state index contributed by atoms with van der Waals surface area (Å²) in [4.78, 5) is 4.47. The Morgan fingerprint density at radius 1 is 1.29 bits per heavy atom. The Hall–Kier alpha value is -1.31. The van der Waals surface area contributed by atoms with E-state index >= 15 is 0 Å². The van der Waals surface area contributed by atoms with Crippen molar-refractivity contribution in [2.45, 2.75) is 34.1 Å². The molecule has 2 aromatic rings. The normalized spacial score (nSPS) is 9.71. The standard InChI is InChI=1S/C10H12N2.C2H6/c1-3-10-11-8(2)9-6-4-5-7-12(9)10;1-2/h4-7H,3H2,1-2H3;1-2H3. The van der Waals surface area contributed by atoms with Crippen molar-refractivity contribution in [1.82, 2.24) is 9.38 Å². The van der Waals surface area contributed by atoms with Crippen molar-refractivity contribution >= 4 is 5.52 Å². The number of hydrogen-bond donors (Lipinski definition) is 0. The fourth-order valence-electron chi connectivity index (χ4n) is 1.52. The van der Waals surface area contributed by atoms with E-state index in [0.29, 0.717) is 0 Å². The molecule has 76 valence electrons. The molecule has 0 amide bonds. The van der Waals surface area contributed by atoms with Crippen molar-refractivity contribution in [3.63, 3.8) is 0 Å². The minimum atomic E-state index is 0.985. The fourth-order valence-corrected chi connectivity index (χ4v) is 1.52. The summed E-state index contributed by atoms with van der Waals surface area (Å²) in [6.45, 7) is 8.18. The van der Waals surface area contributed by atoms with E-state index in [-0.39, 0.29) is 0 Å². The largest absolute Gasteiger partial charge is 0.303 e. The van der Waals surface area contributed by atoms with E-state index in [1.807, 2.05) is 26.0 Å². The average molecular weight is 190 g/mol. The van der Waals surface area contributed by atoms with Crippen LogP contribution in [0.4, 0.5) is 0 Å². The minimum absolute atomic E-state index is 0.985. The molecule has 0 atom stereocenters. The molecule has 0 aliphatic carbocycles. The lowest BCUT2D eigenvalue weighted by molar-refractivity contribution is 0.929. The summed E-state index contributed by atoms with van der Waals surface area (Å²) in [6.07, 6.45) is 3.05. The average Bonchev–Trinajstić information content (AvgIpc) is 2.59. The number of rotatable bonds is 1. The summed E-state index contributed by atoms with van der Waals surface area (Å²) < 4.78 is 2.15. The first-order chi connectivity index (χ1) is 6.83. The van der Waals surface area contributed by atoms with E-state index in [2.05, 4.69) is 35.5 Å². The second-order valence-electron chi connectivity index (χ2n) is 2.92. The first kappa shape index (κ1) is 10.8. The summed E-state index contributed by atoms with van der Waals surface area (Å²) in [6, 6.07) is 6.18. The van der Waals surface area contributed by atoms with Crippen LogP contribution >= 0.6 is 0 Å².